The maximum Gasteiger partial charge on any atom is 0.197 e. The molecule has 0 radical (unpaired) electrons. The number of ketones is 1. The Morgan fingerprint density at radius 1 is 0.775 bits per heavy atom. The van der Waals surface area contributed by atoms with Gasteiger partial charge < -0.3 is 4.74 Å². The largest absolute Gasteiger partial charge is 0.473 e. The summed E-state index contributed by atoms with van der Waals surface area (Å²) in [7, 11) is 0. The number of carbonyl (C=O) groups excluding carboxylic acids is 1. The standard InChI is InChI=1S/C34H26N2O2S2/c1-24-19-25(32(37)31(33-39-23-40-33)30-17-18-35-22-36-30)21-29(20-24)38-34(26-11-5-2-6-12-26,27-13-7-3-8-14-27)28-15-9-4-10-16-28/h2-22H,23H2,1H3. The van der Waals surface area contributed by atoms with Crippen LogP contribution in [-0.4, -0.2) is 20.8 Å². The van der Waals surface area contributed by atoms with Crippen molar-refractivity contribution in [3.63, 3.8) is 0 Å². The SMILES string of the molecule is Cc1cc(OC(c2ccccc2)(c2ccccc2)c2ccccc2)cc(C(=O)C(=C2SCS2)c2ccncn2)c1. The summed E-state index contributed by atoms with van der Waals surface area (Å²) in [5, 5.41) is 0.924. The number of hydrogen-bond donors (Lipinski definition) is 0. The highest BCUT2D eigenvalue weighted by Crippen LogP contribution is 2.48. The molecule has 1 saturated heterocycles. The molecule has 0 atom stereocenters. The molecule has 0 unspecified atom stereocenters. The van der Waals surface area contributed by atoms with E-state index in [2.05, 4.69) is 46.4 Å². The van der Waals surface area contributed by atoms with Crippen molar-refractivity contribution < 1.29 is 9.53 Å². The molecule has 1 aromatic heterocycles. The molecule has 4 aromatic carbocycles. The first kappa shape index (κ1) is 26.1. The Kier molecular flexibility index (Phi) is 7.53. The number of benzene rings is 4. The third-order valence-corrected chi connectivity index (χ3v) is 9.36. The minimum Gasteiger partial charge on any atom is -0.473 e. The second-order valence-corrected chi connectivity index (χ2v) is 12.0. The molecule has 0 bridgehead atoms. The van der Waals surface area contributed by atoms with Crippen molar-refractivity contribution in [1.29, 1.82) is 0 Å². The van der Waals surface area contributed by atoms with Crippen LogP contribution in [-0.2, 0) is 5.60 Å². The maximum atomic E-state index is 14.1. The second-order valence-electron chi connectivity index (χ2n) is 9.41. The molecular weight excluding hydrogens is 533 g/mol. The van der Waals surface area contributed by atoms with Gasteiger partial charge in [-0.1, -0.05) is 91.0 Å². The summed E-state index contributed by atoms with van der Waals surface area (Å²) in [6, 6.07) is 38.3. The van der Waals surface area contributed by atoms with Crippen LogP contribution >= 0.6 is 23.5 Å². The Morgan fingerprint density at radius 3 is 1.82 bits per heavy atom. The molecule has 0 N–H and O–H groups in total. The zero-order chi connectivity index (χ0) is 27.4. The highest BCUT2D eigenvalue weighted by molar-refractivity contribution is 8.37. The van der Waals surface area contributed by atoms with E-state index in [-0.39, 0.29) is 5.78 Å². The van der Waals surface area contributed by atoms with Crippen LogP contribution in [0.15, 0.2) is 132 Å². The predicted octanol–water partition coefficient (Wildman–Crippen LogP) is 8.14. The van der Waals surface area contributed by atoms with Gasteiger partial charge in [-0.3, -0.25) is 4.79 Å². The summed E-state index contributed by atoms with van der Waals surface area (Å²) in [6.07, 6.45) is 3.15. The van der Waals surface area contributed by atoms with Crippen molar-refractivity contribution >= 4 is 34.9 Å². The van der Waals surface area contributed by atoms with Crippen LogP contribution in [0, 0.1) is 6.92 Å². The average molecular weight is 559 g/mol. The molecule has 5 aromatic rings. The minimum atomic E-state index is -0.939. The van der Waals surface area contributed by atoms with E-state index in [9.17, 15) is 4.79 Å². The molecule has 1 aliphatic rings. The van der Waals surface area contributed by atoms with E-state index in [4.69, 9.17) is 4.74 Å². The van der Waals surface area contributed by atoms with Gasteiger partial charge in [-0.15, -0.1) is 23.5 Å². The first-order valence-electron chi connectivity index (χ1n) is 12.9. The number of carbonyl (C=O) groups is 1. The lowest BCUT2D eigenvalue weighted by molar-refractivity contribution is 0.105. The van der Waals surface area contributed by atoms with Crippen molar-refractivity contribution in [2.45, 2.75) is 12.5 Å². The molecule has 196 valence electrons. The fraction of sp³-hybridized carbons (Fsp3) is 0.0882. The first-order valence-corrected chi connectivity index (χ1v) is 14.9. The quantitative estimate of drug-likeness (QED) is 0.109. The van der Waals surface area contributed by atoms with E-state index in [0.29, 0.717) is 22.6 Å². The Hall–Kier alpha value is -4.13. The third-order valence-electron chi connectivity index (χ3n) is 6.77. The topological polar surface area (TPSA) is 52.1 Å². The molecule has 2 heterocycles. The molecule has 40 heavy (non-hydrogen) atoms. The number of rotatable bonds is 8. The highest BCUT2D eigenvalue weighted by Gasteiger charge is 2.39. The highest BCUT2D eigenvalue weighted by atomic mass is 32.3. The van der Waals surface area contributed by atoms with Crippen LogP contribution in [0.25, 0.3) is 5.57 Å². The lowest BCUT2D eigenvalue weighted by atomic mass is 9.80. The summed E-state index contributed by atoms with van der Waals surface area (Å²) in [5.74, 6) is 0.535. The van der Waals surface area contributed by atoms with E-state index in [1.165, 1.54) is 6.33 Å². The van der Waals surface area contributed by atoms with Crippen LogP contribution in [0.3, 0.4) is 0 Å². The Morgan fingerprint density at radius 2 is 1.35 bits per heavy atom. The van der Waals surface area contributed by atoms with Crippen LogP contribution in [0.2, 0.25) is 0 Å². The van der Waals surface area contributed by atoms with Crippen molar-refractivity contribution in [3.8, 4) is 5.75 Å². The number of ether oxygens (including phenoxy) is 1. The van der Waals surface area contributed by atoms with Crippen LogP contribution in [0.1, 0.15) is 38.3 Å². The summed E-state index contributed by atoms with van der Waals surface area (Å²) in [6.45, 7) is 1.99. The maximum absolute atomic E-state index is 14.1. The molecule has 0 aliphatic carbocycles. The molecule has 0 saturated carbocycles. The number of allylic oxidation sites excluding steroid dienone is 1. The monoisotopic (exact) mass is 558 g/mol. The van der Waals surface area contributed by atoms with Gasteiger partial charge in [0.25, 0.3) is 0 Å². The summed E-state index contributed by atoms with van der Waals surface area (Å²) in [5.41, 5.74) is 4.78. The van der Waals surface area contributed by atoms with E-state index in [1.54, 1.807) is 35.8 Å². The summed E-state index contributed by atoms with van der Waals surface area (Å²) < 4.78 is 8.10. The molecule has 1 aliphatic heterocycles. The lowest BCUT2D eigenvalue weighted by Crippen LogP contribution is -2.36. The third kappa shape index (κ3) is 5.08. The van der Waals surface area contributed by atoms with Gasteiger partial charge in [-0.2, -0.15) is 0 Å². The number of nitrogens with zero attached hydrogens (tertiary/aromatic N) is 2. The average Bonchev–Trinajstić information content (AvgIpc) is 2.99. The second kappa shape index (κ2) is 11.5. The number of aromatic nitrogens is 2. The van der Waals surface area contributed by atoms with Gasteiger partial charge in [0, 0.05) is 33.5 Å². The molecule has 4 nitrogen and oxygen atoms in total. The van der Waals surface area contributed by atoms with Crippen molar-refractivity contribution in [3.05, 3.63) is 166 Å². The molecule has 6 rings (SSSR count). The molecule has 1 fully saturated rings. The zero-order valence-corrected chi connectivity index (χ0v) is 23.5. The van der Waals surface area contributed by atoms with Gasteiger partial charge in [0.2, 0.25) is 0 Å². The van der Waals surface area contributed by atoms with Gasteiger partial charge in [-0.05, 0) is 36.8 Å². The predicted molar refractivity (Wildman–Crippen MR) is 164 cm³/mol. The Balaban J connectivity index is 1.50. The molecule has 0 amide bonds. The minimum absolute atomic E-state index is 0.0771. The molecular formula is C34H26N2O2S2. The van der Waals surface area contributed by atoms with Crippen molar-refractivity contribution in [1.82, 2.24) is 9.97 Å². The van der Waals surface area contributed by atoms with E-state index in [1.807, 2.05) is 79.7 Å². The zero-order valence-electron chi connectivity index (χ0n) is 21.9. The van der Waals surface area contributed by atoms with Gasteiger partial charge in [0.05, 0.1) is 15.5 Å². The summed E-state index contributed by atoms with van der Waals surface area (Å²) in [4.78, 5) is 22.5. The van der Waals surface area contributed by atoms with Gasteiger partial charge in [0.1, 0.15) is 12.1 Å². The van der Waals surface area contributed by atoms with Gasteiger partial charge in [0.15, 0.2) is 11.4 Å². The van der Waals surface area contributed by atoms with E-state index >= 15 is 0 Å². The van der Waals surface area contributed by atoms with Gasteiger partial charge in [-0.25, -0.2) is 9.97 Å². The van der Waals surface area contributed by atoms with Gasteiger partial charge >= 0.3 is 0 Å². The summed E-state index contributed by atoms with van der Waals surface area (Å²) >= 11 is 3.34. The van der Waals surface area contributed by atoms with E-state index in [0.717, 1.165) is 31.6 Å². The normalized spacial score (nSPS) is 12.9. The van der Waals surface area contributed by atoms with Crippen molar-refractivity contribution in [2.24, 2.45) is 0 Å². The molecule has 0 spiro atoms. The fourth-order valence-corrected chi connectivity index (χ4v) is 6.59. The number of aryl methyl sites for hydroxylation is 1. The fourth-order valence-electron chi connectivity index (χ4n) is 4.97. The number of thioether (sulfide) groups is 2. The van der Waals surface area contributed by atoms with Crippen molar-refractivity contribution in [2.75, 3.05) is 5.08 Å². The Bertz CT molecular complexity index is 1560. The smallest absolute Gasteiger partial charge is 0.197 e. The lowest BCUT2D eigenvalue weighted by Gasteiger charge is -2.36. The van der Waals surface area contributed by atoms with Crippen LogP contribution in [0.4, 0.5) is 0 Å². The molecule has 6 heteroatoms. The van der Waals surface area contributed by atoms with Crippen LogP contribution in [0.5, 0.6) is 5.75 Å². The van der Waals surface area contributed by atoms with Crippen LogP contribution < -0.4 is 4.74 Å². The Labute approximate surface area is 242 Å². The van der Waals surface area contributed by atoms with E-state index < -0.39 is 5.60 Å². The number of Topliss-reactive ketones (excluding diaryl/α,β-unsaturated/α-hetero) is 1. The first-order chi connectivity index (χ1) is 19.6. The number of hydrogen-bond acceptors (Lipinski definition) is 6.